The molecule has 1 aromatic heterocycles. The predicted octanol–water partition coefficient (Wildman–Crippen LogP) is 1.92. The first-order valence-electron chi connectivity index (χ1n) is 8.79. The molecule has 0 radical (unpaired) electrons. The molecule has 1 aliphatic heterocycles. The van der Waals surface area contributed by atoms with E-state index in [-0.39, 0.29) is 18.1 Å². The first-order valence-corrected chi connectivity index (χ1v) is 11.7. The molecule has 152 valence electrons. The third-order valence-electron chi connectivity index (χ3n) is 5.15. The lowest BCUT2D eigenvalue weighted by molar-refractivity contribution is -0.150. The summed E-state index contributed by atoms with van der Waals surface area (Å²) in [5.41, 5.74) is -1.89. The predicted molar refractivity (Wildman–Crippen MR) is 98.5 cm³/mol. The van der Waals surface area contributed by atoms with Crippen LogP contribution in [-0.4, -0.2) is 42.7 Å². The van der Waals surface area contributed by atoms with E-state index in [2.05, 4.69) is 33.9 Å². The zero-order valence-corrected chi connectivity index (χ0v) is 17.5. The lowest BCUT2D eigenvalue weighted by Gasteiger charge is -2.37. The van der Waals surface area contributed by atoms with Crippen molar-refractivity contribution in [1.29, 1.82) is 0 Å². The first-order chi connectivity index (χ1) is 12.3. The molecule has 8 nitrogen and oxygen atoms in total. The second kappa shape index (κ2) is 7.68. The number of aromatic nitrogens is 2. The molecule has 0 spiro atoms. The SMILES string of the molecule is CC(=O)O[C@H]1C[C@H](n2cc(F)c(=O)[nH]c2=O)O[C@@H]1CO[Si](C)(C)C(C)(C)C. The molecule has 1 saturated heterocycles. The Morgan fingerprint density at radius 1 is 1.41 bits per heavy atom. The molecule has 0 aromatic carbocycles. The van der Waals surface area contributed by atoms with Gasteiger partial charge in [0.1, 0.15) is 18.4 Å². The Balaban J connectivity index is 2.21. The van der Waals surface area contributed by atoms with Gasteiger partial charge in [-0.25, -0.2) is 4.79 Å². The van der Waals surface area contributed by atoms with Crippen LogP contribution in [0.5, 0.6) is 0 Å². The van der Waals surface area contributed by atoms with E-state index in [4.69, 9.17) is 13.9 Å². The fraction of sp³-hybridized carbons (Fsp3) is 0.706. The van der Waals surface area contributed by atoms with Crippen LogP contribution in [0.4, 0.5) is 4.39 Å². The van der Waals surface area contributed by atoms with Crippen molar-refractivity contribution in [2.45, 2.75) is 70.7 Å². The highest BCUT2D eigenvalue weighted by atomic mass is 28.4. The maximum absolute atomic E-state index is 13.6. The second-order valence-corrected chi connectivity index (χ2v) is 13.0. The number of ether oxygens (including phenoxy) is 2. The van der Waals surface area contributed by atoms with E-state index >= 15 is 0 Å². The lowest BCUT2D eigenvalue weighted by Crippen LogP contribution is -2.44. The summed E-state index contributed by atoms with van der Waals surface area (Å²) in [5.74, 6) is -1.58. The van der Waals surface area contributed by atoms with Gasteiger partial charge >= 0.3 is 11.7 Å². The minimum atomic E-state index is -2.07. The van der Waals surface area contributed by atoms with Crippen molar-refractivity contribution in [1.82, 2.24) is 9.55 Å². The molecule has 2 rings (SSSR count). The van der Waals surface area contributed by atoms with Crippen LogP contribution in [0.25, 0.3) is 0 Å². The Morgan fingerprint density at radius 3 is 2.59 bits per heavy atom. The summed E-state index contributed by atoms with van der Waals surface area (Å²) in [6, 6.07) is 0. The van der Waals surface area contributed by atoms with E-state index in [1.807, 2.05) is 4.98 Å². The van der Waals surface area contributed by atoms with Gasteiger partial charge in [0, 0.05) is 13.3 Å². The molecular weight excluding hydrogens is 375 g/mol. The van der Waals surface area contributed by atoms with Crippen molar-refractivity contribution < 1.29 is 23.1 Å². The van der Waals surface area contributed by atoms with Crippen LogP contribution in [0.1, 0.15) is 40.3 Å². The number of rotatable bonds is 5. The number of aromatic amines is 1. The van der Waals surface area contributed by atoms with Gasteiger partial charge in [-0.2, -0.15) is 4.39 Å². The molecule has 1 fully saturated rings. The number of carbonyl (C=O) groups is 1. The zero-order valence-electron chi connectivity index (χ0n) is 16.5. The zero-order chi connectivity index (χ0) is 20.6. The Kier molecular flexibility index (Phi) is 6.12. The monoisotopic (exact) mass is 402 g/mol. The second-order valence-electron chi connectivity index (χ2n) is 8.23. The molecule has 1 aliphatic rings. The van der Waals surface area contributed by atoms with Gasteiger partial charge in [0.25, 0.3) is 5.56 Å². The Bertz CT molecular complexity index is 813. The Labute approximate surface area is 157 Å². The number of carbonyl (C=O) groups excluding carboxylic acids is 1. The van der Waals surface area contributed by atoms with E-state index in [9.17, 15) is 18.8 Å². The molecule has 1 aromatic rings. The molecule has 0 bridgehead atoms. The van der Waals surface area contributed by atoms with Crippen LogP contribution in [0.15, 0.2) is 15.8 Å². The lowest BCUT2D eigenvalue weighted by atomic mass is 10.2. The summed E-state index contributed by atoms with van der Waals surface area (Å²) in [4.78, 5) is 36.5. The minimum absolute atomic E-state index is 0.0130. The molecule has 1 N–H and O–H groups in total. The highest BCUT2D eigenvalue weighted by Gasteiger charge is 2.43. The molecule has 10 heteroatoms. The molecule has 3 atom stereocenters. The summed E-state index contributed by atoms with van der Waals surface area (Å²) >= 11 is 0. The van der Waals surface area contributed by atoms with Crippen LogP contribution in [-0.2, 0) is 18.7 Å². The van der Waals surface area contributed by atoms with Gasteiger partial charge in [0.15, 0.2) is 8.32 Å². The summed E-state index contributed by atoms with van der Waals surface area (Å²) < 4.78 is 31.8. The molecule has 2 heterocycles. The number of esters is 1. The third-order valence-corrected chi connectivity index (χ3v) is 9.65. The molecule has 0 aliphatic carbocycles. The number of halogens is 1. The molecule has 27 heavy (non-hydrogen) atoms. The number of H-pyrrole nitrogens is 1. The normalized spacial score (nSPS) is 23.4. The van der Waals surface area contributed by atoms with Crippen molar-refractivity contribution in [3.63, 3.8) is 0 Å². The minimum Gasteiger partial charge on any atom is -0.460 e. The maximum Gasteiger partial charge on any atom is 0.330 e. The van der Waals surface area contributed by atoms with E-state index in [1.54, 1.807) is 0 Å². The first kappa shape index (κ1) is 21.5. The van der Waals surface area contributed by atoms with Crippen molar-refractivity contribution in [2.24, 2.45) is 0 Å². The number of nitrogens with one attached hydrogen (secondary N) is 1. The van der Waals surface area contributed by atoms with Crippen molar-refractivity contribution in [3.05, 3.63) is 32.9 Å². The number of hydrogen-bond acceptors (Lipinski definition) is 6. The van der Waals surface area contributed by atoms with Gasteiger partial charge in [-0.15, -0.1) is 0 Å². The van der Waals surface area contributed by atoms with Gasteiger partial charge in [0.2, 0.25) is 5.82 Å². The van der Waals surface area contributed by atoms with Crippen LogP contribution >= 0.6 is 0 Å². The fourth-order valence-electron chi connectivity index (χ4n) is 2.54. The molecule has 0 unspecified atom stereocenters. The number of hydrogen-bond donors (Lipinski definition) is 1. The topological polar surface area (TPSA) is 99.6 Å². The smallest absolute Gasteiger partial charge is 0.330 e. The van der Waals surface area contributed by atoms with E-state index in [1.165, 1.54) is 6.92 Å². The average Bonchev–Trinajstić information content (AvgIpc) is 2.89. The highest BCUT2D eigenvalue weighted by molar-refractivity contribution is 6.74. The Morgan fingerprint density at radius 2 is 2.04 bits per heavy atom. The third kappa shape index (κ3) is 4.93. The van der Waals surface area contributed by atoms with Crippen molar-refractivity contribution in [3.8, 4) is 0 Å². The van der Waals surface area contributed by atoms with Gasteiger partial charge in [0.05, 0.1) is 12.8 Å². The Hall–Kier alpha value is -1.78. The van der Waals surface area contributed by atoms with E-state index in [0.717, 1.165) is 10.8 Å². The van der Waals surface area contributed by atoms with Crippen LogP contribution in [0.2, 0.25) is 18.1 Å². The summed E-state index contributed by atoms with van der Waals surface area (Å²) in [5, 5.41) is -0.0130. The van der Waals surface area contributed by atoms with Crippen molar-refractivity contribution in [2.75, 3.05) is 6.61 Å². The number of nitrogens with zero attached hydrogens (tertiary/aromatic N) is 1. The quantitative estimate of drug-likeness (QED) is 0.597. The van der Waals surface area contributed by atoms with Gasteiger partial charge in [-0.3, -0.25) is 19.1 Å². The van der Waals surface area contributed by atoms with Crippen LogP contribution in [0.3, 0.4) is 0 Å². The fourth-order valence-corrected chi connectivity index (χ4v) is 3.55. The highest BCUT2D eigenvalue weighted by Crippen LogP contribution is 2.38. The van der Waals surface area contributed by atoms with Gasteiger partial charge in [-0.05, 0) is 18.1 Å². The van der Waals surface area contributed by atoms with Crippen LogP contribution < -0.4 is 11.2 Å². The van der Waals surface area contributed by atoms with E-state index < -0.39 is 49.8 Å². The molecule has 0 saturated carbocycles. The summed E-state index contributed by atoms with van der Waals surface area (Å²) in [6.45, 7) is 11.9. The van der Waals surface area contributed by atoms with E-state index in [0.29, 0.717) is 0 Å². The van der Waals surface area contributed by atoms with Crippen LogP contribution in [0, 0.1) is 5.82 Å². The standard InChI is InChI=1S/C17H27FN2O6Si/c1-10(21)25-12-7-14(20-8-11(18)15(22)19-16(20)23)26-13(12)9-24-27(5,6)17(2,3)4/h8,12-14H,7,9H2,1-6H3,(H,19,22,23)/t12-,13+,14+/m0/s1. The van der Waals surface area contributed by atoms with Gasteiger partial charge in [-0.1, -0.05) is 20.8 Å². The summed E-state index contributed by atoms with van der Waals surface area (Å²) in [6.07, 6.45) is -1.17. The average molecular weight is 402 g/mol. The van der Waals surface area contributed by atoms with Gasteiger partial charge < -0.3 is 13.9 Å². The summed E-state index contributed by atoms with van der Waals surface area (Å²) in [7, 11) is -2.07. The molecule has 0 amide bonds. The molecular formula is C17H27FN2O6Si. The largest absolute Gasteiger partial charge is 0.460 e. The van der Waals surface area contributed by atoms with Crippen molar-refractivity contribution >= 4 is 14.3 Å². The maximum atomic E-state index is 13.6.